The van der Waals surface area contributed by atoms with E-state index in [2.05, 4.69) is 5.32 Å². The summed E-state index contributed by atoms with van der Waals surface area (Å²) >= 11 is 1.42. The zero-order valence-corrected chi connectivity index (χ0v) is 19.7. The van der Waals surface area contributed by atoms with E-state index in [0.29, 0.717) is 29.2 Å². The molecule has 2 atom stereocenters. The number of thiophene rings is 1. The number of nitrogens with zero attached hydrogens (tertiary/aromatic N) is 1. The Morgan fingerprint density at radius 3 is 2.39 bits per heavy atom. The maximum atomic E-state index is 13.1. The first kappa shape index (κ1) is 23.1. The third-order valence-corrected chi connectivity index (χ3v) is 6.83. The lowest BCUT2D eigenvalue weighted by Crippen LogP contribution is -2.41. The van der Waals surface area contributed by atoms with Crippen molar-refractivity contribution in [1.29, 1.82) is 0 Å². The van der Waals surface area contributed by atoms with Gasteiger partial charge >= 0.3 is 0 Å². The minimum Gasteiger partial charge on any atom is -0.493 e. The molecule has 2 aromatic rings. The largest absolute Gasteiger partial charge is 0.493 e. The number of nitro groups is 1. The van der Waals surface area contributed by atoms with Crippen LogP contribution in [0.5, 0.6) is 11.5 Å². The molecule has 1 aliphatic rings. The Hall–Kier alpha value is -2.61. The Bertz CT molecular complexity index is 993. The van der Waals surface area contributed by atoms with Gasteiger partial charge in [0.25, 0.3) is 5.91 Å². The number of hydrogen-bond donors (Lipinski definition) is 1. The van der Waals surface area contributed by atoms with Crippen LogP contribution in [0.3, 0.4) is 0 Å². The van der Waals surface area contributed by atoms with E-state index in [1.165, 1.54) is 11.3 Å². The van der Waals surface area contributed by atoms with E-state index in [1.807, 2.05) is 45.9 Å². The van der Waals surface area contributed by atoms with Crippen molar-refractivity contribution >= 4 is 17.2 Å². The summed E-state index contributed by atoms with van der Waals surface area (Å²) in [6.07, 6.45) is 1.74. The van der Waals surface area contributed by atoms with Crippen molar-refractivity contribution < 1.29 is 19.2 Å². The van der Waals surface area contributed by atoms with Crippen molar-refractivity contribution in [1.82, 2.24) is 5.32 Å². The lowest BCUT2D eigenvalue weighted by molar-refractivity contribution is -0.526. The van der Waals surface area contributed by atoms with E-state index in [9.17, 15) is 14.9 Å². The Labute approximate surface area is 186 Å². The second-order valence-electron chi connectivity index (χ2n) is 8.83. The number of amides is 1. The van der Waals surface area contributed by atoms with Crippen LogP contribution in [0.25, 0.3) is 0 Å². The average molecular weight is 447 g/mol. The fraction of sp³-hybridized carbons (Fsp3) is 0.522. The van der Waals surface area contributed by atoms with E-state index in [4.69, 9.17) is 9.47 Å². The summed E-state index contributed by atoms with van der Waals surface area (Å²) in [6, 6.07) is 4.89. The van der Waals surface area contributed by atoms with Gasteiger partial charge < -0.3 is 14.8 Å². The van der Waals surface area contributed by atoms with Crippen LogP contribution >= 0.6 is 11.3 Å². The van der Waals surface area contributed by atoms with Crippen molar-refractivity contribution in [3.63, 3.8) is 0 Å². The molecule has 1 aromatic carbocycles. The molecule has 1 aromatic heterocycles. The van der Waals surface area contributed by atoms with Gasteiger partial charge in [0.05, 0.1) is 25.0 Å². The number of fused-ring (bicyclic) bond motifs is 1. The van der Waals surface area contributed by atoms with Crippen LogP contribution < -0.4 is 14.8 Å². The minimum atomic E-state index is -0.814. The fourth-order valence-corrected chi connectivity index (χ4v) is 5.20. The quantitative estimate of drug-likeness (QED) is 0.518. The van der Waals surface area contributed by atoms with E-state index >= 15 is 0 Å². The van der Waals surface area contributed by atoms with Crippen LogP contribution in [0.1, 0.15) is 71.3 Å². The summed E-state index contributed by atoms with van der Waals surface area (Å²) < 4.78 is 10.9. The summed E-state index contributed by atoms with van der Waals surface area (Å²) in [6.45, 7) is 7.79. The molecule has 168 valence electrons. The molecule has 0 radical (unpaired) electrons. The fourth-order valence-electron chi connectivity index (χ4n) is 4.16. The van der Waals surface area contributed by atoms with Gasteiger partial charge in [0.1, 0.15) is 0 Å². The smallest absolute Gasteiger partial charge is 0.262 e. The lowest BCUT2D eigenvalue weighted by atomic mass is 9.75. The van der Waals surface area contributed by atoms with Crippen molar-refractivity contribution in [3.8, 4) is 11.5 Å². The zero-order chi connectivity index (χ0) is 22.9. The van der Waals surface area contributed by atoms with Gasteiger partial charge in [0, 0.05) is 21.8 Å². The van der Waals surface area contributed by atoms with Crippen LogP contribution in [0, 0.1) is 10.1 Å². The predicted molar refractivity (Wildman–Crippen MR) is 121 cm³/mol. The maximum Gasteiger partial charge on any atom is 0.262 e. The molecule has 3 rings (SSSR count). The zero-order valence-electron chi connectivity index (χ0n) is 18.9. The van der Waals surface area contributed by atoms with Crippen LogP contribution in [-0.2, 0) is 12.8 Å². The SMILES string of the molecule is CCc1cc([C@@H]2c3cc(OC)c(OC)cc3CC[C@H]2[N+](=O)[O-])c(C(=O)NC(C)(C)C)s1. The van der Waals surface area contributed by atoms with Gasteiger partial charge in [-0.1, -0.05) is 6.92 Å². The van der Waals surface area contributed by atoms with Crippen molar-refractivity contribution in [2.75, 3.05) is 14.2 Å². The summed E-state index contributed by atoms with van der Waals surface area (Å²) in [5.74, 6) is 0.407. The van der Waals surface area contributed by atoms with Gasteiger partial charge in [-0.15, -0.1) is 11.3 Å². The van der Waals surface area contributed by atoms with E-state index in [1.54, 1.807) is 14.2 Å². The summed E-state index contributed by atoms with van der Waals surface area (Å²) in [4.78, 5) is 26.6. The third kappa shape index (κ3) is 4.69. The van der Waals surface area contributed by atoms with E-state index in [-0.39, 0.29) is 10.8 Å². The second kappa shape index (κ2) is 8.86. The molecular formula is C23H30N2O5S. The molecule has 1 amide bonds. The molecule has 0 spiro atoms. The van der Waals surface area contributed by atoms with E-state index < -0.39 is 17.5 Å². The van der Waals surface area contributed by atoms with Crippen molar-refractivity contribution in [2.45, 2.75) is 64.5 Å². The number of benzene rings is 1. The molecule has 1 aliphatic carbocycles. The van der Waals surface area contributed by atoms with Gasteiger partial charge in [-0.3, -0.25) is 14.9 Å². The van der Waals surface area contributed by atoms with Gasteiger partial charge in [0.15, 0.2) is 11.5 Å². The van der Waals surface area contributed by atoms with Gasteiger partial charge in [-0.2, -0.15) is 0 Å². The Balaban J connectivity index is 2.21. The molecule has 0 saturated heterocycles. The predicted octanol–water partition coefficient (Wildman–Crippen LogP) is 4.58. The normalized spacial score (nSPS) is 18.3. The molecular weight excluding hydrogens is 416 g/mol. The molecule has 0 fully saturated rings. The number of hydrogen-bond acceptors (Lipinski definition) is 6. The molecule has 1 heterocycles. The first-order valence-corrected chi connectivity index (χ1v) is 11.2. The standard InChI is InChI=1S/C23H30N2O5S/c1-7-14-11-16(21(31-14)22(26)24-23(2,3)4)20-15-12-19(30-6)18(29-5)10-13(15)8-9-17(20)25(27)28/h10-12,17,20H,7-9H2,1-6H3,(H,24,26)/t17-,20+/m1/s1. The molecule has 7 nitrogen and oxygen atoms in total. The summed E-state index contributed by atoms with van der Waals surface area (Å²) in [5, 5.41) is 15.1. The highest BCUT2D eigenvalue weighted by Gasteiger charge is 2.42. The molecule has 8 heteroatoms. The van der Waals surface area contributed by atoms with Crippen LogP contribution in [-0.4, -0.2) is 36.6 Å². The molecule has 0 bridgehead atoms. The number of methoxy groups -OCH3 is 2. The minimum absolute atomic E-state index is 0.193. The van der Waals surface area contributed by atoms with Crippen LogP contribution in [0.15, 0.2) is 18.2 Å². The first-order valence-electron chi connectivity index (χ1n) is 10.4. The van der Waals surface area contributed by atoms with Crippen LogP contribution in [0.2, 0.25) is 0 Å². The number of nitrogens with one attached hydrogen (secondary N) is 1. The number of carbonyl (C=O) groups excluding carboxylic acids is 1. The van der Waals surface area contributed by atoms with E-state index in [0.717, 1.165) is 28.0 Å². The second-order valence-corrected chi connectivity index (χ2v) is 9.97. The molecule has 31 heavy (non-hydrogen) atoms. The number of carbonyl (C=O) groups is 1. The number of ether oxygens (including phenoxy) is 2. The van der Waals surface area contributed by atoms with Crippen molar-refractivity contribution in [3.05, 3.63) is 54.8 Å². The molecule has 1 N–H and O–H groups in total. The monoisotopic (exact) mass is 446 g/mol. The van der Waals surface area contributed by atoms with Gasteiger partial charge in [0.2, 0.25) is 6.04 Å². The maximum absolute atomic E-state index is 13.1. The Morgan fingerprint density at radius 1 is 1.19 bits per heavy atom. The number of rotatable bonds is 6. The summed E-state index contributed by atoms with van der Waals surface area (Å²) in [7, 11) is 3.13. The summed E-state index contributed by atoms with van der Waals surface area (Å²) in [5.41, 5.74) is 2.13. The topological polar surface area (TPSA) is 90.7 Å². The van der Waals surface area contributed by atoms with Crippen LogP contribution in [0.4, 0.5) is 0 Å². The first-order chi connectivity index (χ1) is 14.6. The van der Waals surface area contributed by atoms with Gasteiger partial charge in [-0.25, -0.2) is 0 Å². The lowest BCUT2D eigenvalue weighted by Gasteiger charge is -2.30. The van der Waals surface area contributed by atoms with Crippen molar-refractivity contribution in [2.24, 2.45) is 0 Å². The van der Waals surface area contributed by atoms with Gasteiger partial charge in [-0.05, 0) is 68.5 Å². The number of aryl methyl sites for hydroxylation is 2. The third-order valence-electron chi connectivity index (χ3n) is 5.54. The highest BCUT2D eigenvalue weighted by Crippen LogP contribution is 2.45. The molecule has 0 aliphatic heterocycles. The molecule has 0 unspecified atom stereocenters. The Morgan fingerprint density at radius 2 is 1.84 bits per heavy atom. The Kier molecular flexibility index (Phi) is 6.59. The highest BCUT2D eigenvalue weighted by molar-refractivity contribution is 7.14. The molecule has 0 saturated carbocycles. The average Bonchev–Trinajstić information content (AvgIpc) is 3.14. The highest BCUT2D eigenvalue weighted by atomic mass is 32.1.